The van der Waals surface area contributed by atoms with Gasteiger partial charge in [0.1, 0.15) is 0 Å². The Morgan fingerprint density at radius 1 is 1.31 bits per heavy atom. The second kappa shape index (κ2) is 4.43. The smallest absolute Gasteiger partial charge is 0.0196 e. The molecule has 2 nitrogen and oxygen atoms in total. The largest absolute Gasteiger partial charge is 0.326 e. The molecule has 0 spiro atoms. The van der Waals surface area contributed by atoms with Gasteiger partial charge in [0.25, 0.3) is 0 Å². The highest BCUT2D eigenvalue weighted by molar-refractivity contribution is 4.86. The molecule has 1 saturated carbocycles. The van der Waals surface area contributed by atoms with Crippen LogP contribution in [0.3, 0.4) is 0 Å². The molecule has 0 heterocycles. The first kappa shape index (κ1) is 11.0. The molecule has 0 saturated heterocycles. The lowest BCUT2D eigenvalue weighted by Crippen LogP contribution is -2.42. The standard InChI is InChI=1S/C11H24N2/c1-8(2)9(3)13(4)7-11(12)10-5-6-10/h8-11H,5-7,12H2,1-4H3. The number of hydrogen-bond donors (Lipinski definition) is 1. The molecule has 78 valence electrons. The van der Waals surface area contributed by atoms with Crippen LogP contribution in [-0.4, -0.2) is 30.6 Å². The molecule has 0 aliphatic heterocycles. The maximum atomic E-state index is 6.08. The summed E-state index contributed by atoms with van der Waals surface area (Å²) in [6.45, 7) is 7.88. The van der Waals surface area contributed by atoms with E-state index in [0.29, 0.717) is 12.1 Å². The Labute approximate surface area is 82.5 Å². The van der Waals surface area contributed by atoms with E-state index in [4.69, 9.17) is 5.73 Å². The normalized spacial score (nSPS) is 22.4. The minimum atomic E-state index is 0.409. The molecule has 2 N–H and O–H groups in total. The fraction of sp³-hybridized carbons (Fsp3) is 1.00. The van der Waals surface area contributed by atoms with Crippen LogP contribution in [0.2, 0.25) is 0 Å². The molecule has 1 fully saturated rings. The van der Waals surface area contributed by atoms with E-state index in [2.05, 4.69) is 32.7 Å². The summed E-state index contributed by atoms with van der Waals surface area (Å²) < 4.78 is 0. The highest BCUT2D eigenvalue weighted by atomic mass is 15.1. The van der Waals surface area contributed by atoms with Gasteiger partial charge >= 0.3 is 0 Å². The van der Waals surface area contributed by atoms with Gasteiger partial charge in [-0.3, -0.25) is 0 Å². The van der Waals surface area contributed by atoms with Crippen molar-refractivity contribution >= 4 is 0 Å². The second-order valence-electron chi connectivity index (χ2n) is 4.93. The predicted molar refractivity (Wildman–Crippen MR) is 57.6 cm³/mol. The van der Waals surface area contributed by atoms with E-state index in [-0.39, 0.29) is 0 Å². The van der Waals surface area contributed by atoms with Crippen LogP contribution >= 0.6 is 0 Å². The van der Waals surface area contributed by atoms with E-state index in [0.717, 1.165) is 18.4 Å². The number of likely N-dealkylation sites (N-methyl/N-ethyl adjacent to an activating group) is 1. The van der Waals surface area contributed by atoms with Crippen molar-refractivity contribution in [2.45, 2.75) is 45.7 Å². The third kappa shape index (κ3) is 3.28. The van der Waals surface area contributed by atoms with Crippen molar-refractivity contribution in [3.8, 4) is 0 Å². The van der Waals surface area contributed by atoms with Crippen molar-refractivity contribution in [3.63, 3.8) is 0 Å². The molecule has 0 amide bonds. The van der Waals surface area contributed by atoms with E-state index in [9.17, 15) is 0 Å². The average molecular weight is 184 g/mol. The number of nitrogens with zero attached hydrogens (tertiary/aromatic N) is 1. The Hall–Kier alpha value is -0.0800. The minimum absolute atomic E-state index is 0.409. The fourth-order valence-corrected chi connectivity index (χ4v) is 1.68. The highest BCUT2D eigenvalue weighted by Crippen LogP contribution is 2.31. The maximum absolute atomic E-state index is 6.08. The summed E-state index contributed by atoms with van der Waals surface area (Å²) in [5, 5.41) is 0. The first-order chi connectivity index (χ1) is 6.02. The molecular weight excluding hydrogens is 160 g/mol. The summed E-state index contributed by atoms with van der Waals surface area (Å²) in [4.78, 5) is 2.40. The van der Waals surface area contributed by atoms with E-state index in [1.54, 1.807) is 0 Å². The zero-order valence-electron chi connectivity index (χ0n) is 9.46. The summed E-state index contributed by atoms with van der Waals surface area (Å²) in [6.07, 6.45) is 2.70. The molecule has 1 aliphatic carbocycles. The molecule has 2 atom stereocenters. The van der Waals surface area contributed by atoms with Crippen molar-refractivity contribution in [1.29, 1.82) is 0 Å². The van der Waals surface area contributed by atoms with Gasteiger partial charge in [0.05, 0.1) is 0 Å². The molecular formula is C11H24N2. The Morgan fingerprint density at radius 3 is 2.23 bits per heavy atom. The molecule has 2 heteroatoms. The maximum Gasteiger partial charge on any atom is 0.0196 e. The Balaban J connectivity index is 2.25. The zero-order chi connectivity index (χ0) is 10.0. The van der Waals surface area contributed by atoms with Crippen LogP contribution in [0.5, 0.6) is 0 Å². The van der Waals surface area contributed by atoms with Gasteiger partial charge in [0.15, 0.2) is 0 Å². The number of hydrogen-bond acceptors (Lipinski definition) is 2. The zero-order valence-corrected chi connectivity index (χ0v) is 9.46. The topological polar surface area (TPSA) is 29.3 Å². The van der Waals surface area contributed by atoms with Crippen LogP contribution < -0.4 is 5.73 Å². The fourth-order valence-electron chi connectivity index (χ4n) is 1.68. The van der Waals surface area contributed by atoms with Gasteiger partial charge in [-0.15, -0.1) is 0 Å². The molecule has 1 aliphatic rings. The molecule has 0 bridgehead atoms. The Bertz CT molecular complexity index is 152. The summed E-state index contributed by atoms with van der Waals surface area (Å²) >= 11 is 0. The molecule has 0 aromatic rings. The average Bonchev–Trinajstić information content (AvgIpc) is 2.84. The Kier molecular flexibility index (Phi) is 3.74. The summed E-state index contributed by atoms with van der Waals surface area (Å²) in [7, 11) is 2.19. The summed E-state index contributed by atoms with van der Waals surface area (Å²) in [6, 6.07) is 1.05. The van der Waals surface area contributed by atoms with Gasteiger partial charge in [-0.1, -0.05) is 13.8 Å². The Morgan fingerprint density at radius 2 is 1.85 bits per heavy atom. The minimum Gasteiger partial charge on any atom is -0.326 e. The molecule has 2 unspecified atom stereocenters. The molecule has 1 rings (SSSR count). The first-order valence-electron chi connectivity index (χ1n) is 5.48. The van der Waals surface area contributed by atoms with E-state index >= 15 is 0 Å². The highest BCUT2D eigenvalue weighted by Gasteiger charge is 2.29. The van der Waals surface area contributed by atoms with Gasteiger partial charge < -0.3 is 10.6 Å². The van der Waals surface area contributed by atoms with Gasteiger partial charge in [0, 0.05) is 18.6 Å². The molecule has 0 aromatic heterocycles. The lowest BCUT2D eigenvalue weighted by molar-refractivity contribution is 0.192. The number of nitrogens with two attached hydrogens (primary N) is 1. The lowest BCUT2D eigenvalue weighted by atomic mass is 10.0. The SMILES string of the molecule is CC(C)C(C)N(C)CC(N)C1CC1. The van der Waals surface area contributed by atoms with Crippen molar-refractivity contribution in [2.75, 3.05) is 13.6 Å². The third-order valence-electron chi connectivity index (χ3n) is 3.39. The molecule has 0 aromatic carbocycles. The molecule has 0 radical (unpaired) electrons. The van der Waals surface area contributed by atoms with Gasteiger partial charge in [-0.25, -0.2) is 0 Å². The monoisotopic (exact) mass is 184 g/mol. The van der Waals surface area contributed by atoms with E-state index in [1.165, 1.54) is 12.8 Å². The van der Waals surface area contributed by atoms with Crippen LogP contribution in [0, 0.1) is 11.8 Å². The second-order valence-corrected chi connectivity index (χ2v) is 4.93. The third-order valence-corrected chi connectivity index (χ3v) is 3.39. The van der Waals surface area contributed by atoms with Crippen molar-refractivity contribution in [3.05, 3.63) is 0 Å². The summed E-state index contributed by atoms with van der Waals surface area (Å²) in [5.41, 5.74) is 6.08. The van der Waals surface area contributed by atoms with Crippen LogP contribution in [0.15, 0.2) is 0 Å². The van der Waals surface area contributed by atoms with Gasteiger partial charge in [-0.2, -0.15) is 0 Å². The van der Waals surface area contributed by atoms with Crippen molar-refractivity contribution < 1.29 is 0 Å². The van der Waals surface area contributed by atoms with Crippen LogP contribution in [0.1, 0.15) is 33.6 Å². The van der Waals surface area contributed by atoms with Crippen molar-refractivity contribution in [2.24, 2.45) is 17.6 Å². The van der Waals surface area contributed by atoms with Crippen molar-refractivity contribution in [1.82, 2.24) is 4.90 Å². The summed E-state index contributed by atoms with van der Waals surface area (Å²) in [5.74, 6) is 1.54. The van der Waals surface area contributed by atoms with Gasteiger partial charge in [0.2, 0.25) is 0 Å². The molecule has 13 heavy (non-hydrogen) atoms. The van der Waals surface area contributed by atoms with Crippen LogP contribution in [-0.2, 0) is 0 Å². The van der Waals surface area contributed by atoms with E-state index < -0.39 is 0 Å². The predicted octanol–water partition coefficient (Wildman–Crippen LogP) is 1.70. The van der Waals surface area contributed by atoms with Crippen LogP contribution in [0.25, 0.3) is 0 Å². The first-order valence-corrected chi connectivity index (χ1v) is 5.48. The van der Waals surface area contributed by atoms with Crippen LogP contribution in [0.4, 0.5) is 0 Å². The number of rotatable bonds is 5. The lowest BCUT2D eigenvalue weighted by Gasteiger charge is -2.30. The van der Waals surface area contributed by atoms with E-state index in [1.807, 2.05) is 0 Å². The van der Waals surface area contributed by atoms with Gasteiger partial charge in [-0.05, 0) is 38.6 Å². The quantitative estimate of drug-likeness (QED) is 0.704.